The van der Waals surface area contributed by atoms with E-state index in [0.717, 1.165) is 19.4 Å². The molecule has 2 aliphatic rings. The molecule has 0 aromatic heterocycles. The summed E-state index contributed by atoms with van der Waals surface area (Å²) in [5, 5.41) is 11.8. The first-order valence-electron chi connectivity index (χ1n) is 7.57. The molecule has 2 aliphatic heterocycles. The van der Waals surface area contributed by atoms with E-state index in [1.165, 1.54) is 0 Å². The fourth-order valence-corrected chi connectivity index (χ4v) is 2.68. The first kappa shape index (κ1) is 16.2. The minimum atomic E-state index is -0.843. The number of amides is 1. The summed E-state index contributed by atoms with van der Waals surface area (Å²) in [6.45, 7) is 3.73. The smallest absolute Gasteiger partial charge is 0.305 e. The van der Waals surface area contributed by atoms with Crippen molar-refractivity contribution in [1.29, 1.82) is 0 Å². The summed E-state index contributed by atoms with van der Waals surface area (Å²) in [6.07, 6.45) is 2.14. The number of aliphatic carboxylic acids is 1. The molecule has 0 aromatic rings. The average Bonchev–Trinajstić information content (AvgIpc) is 2.48. The summed E-state index contributed by atoms with van der Waals surface area (Å²) in [4.78, 5) is 24.5. The molecule has 2 N–H and O–H groups in total. The van der Waals surface area contributed by atoms with Crippen molar-refractivity contribution in [1.82, 2.24) is 10.2 Å². The van der Waals surface area contributed by atoms with Crippen LogP contribution in [-0.4, -0.2) is 73.5 Å². The third kappa shape index (κ3) is 5.61. The van der Waals surface area contributed by atoms with E-state index in [4.69, 9.17) is 14.6 Å². The van der Waals surface area contributed by atoms with Crippen molar-refractivity contribution >= 4 is 11.9 Å². The number of rotatable bonds is 6. The van der Waals surface area contributed by atoms with Crippen LogP contribution in [-0.2, 0) is 19.1 Å². The normalized spacial score (nSPS) is 24.0. The molecule has 7 nitrogen and oxygen atoms in total. The zero-order chi connectivity index (χ0) is 15.1. The number of hydrogen-bond donors (Lipinski definition) is 2. The van der Waals surface area contributed by atoms with Crippen LogP contribution < -0.4 is 5.32 Å². The molecule has 120 valence electrons. The Hall–Kier alpha value is -1.18. The van der Waals surface area contributed by atoms with Gasteiger partial charge in [-0.3, -0.25) is 9.59 Å². The molecule has 1 atom stereocenters. The fourth-order valence-electron chi connectivity index (χ4n) is 2.68. The maximum atomic E-state index is 12.2. The van der Waals surface area contributed by atoms with Gasteiger partial charge in [0.05, 0.1) is 32.3 Å². The van der Waals surface area contributed by atoms with Crippen LogP contribution in [0.1, 0.15) is 25.7 Å². The minimum absolute atomic E-state index is 0.0342. The average molecular weight is 300 g/mol. The van der Waals surface area contributed by atoms with Crippen molar-refractivity contribution in [3.8, 4) is 0 Å². The third-order valence-electron chi connectivity index (χ3n) is 3.88. The molecule has 0 saturated carbocycles. The van der Waals surface area contributed by atoms with Gasteiger partial charge in [0.1, 0.15) is 0 Å². The molecular weight excluding hydrogens is 276 g/mol. The highest BCUT2D eigenvalue weighted by Crippen LogP contribution is 2.15. The number of carbonyl (C=O) groups excluding carboxylic acids is 1. The standard InChI is InChI=1S/C14H24N2O5/c17-13(9-11-10-20-8-4-15-11)16-5-1-12(2-6-16)21-7-3-14(18)19/h11-12,15H,1-10H2,(H,18,19). The Kier molecular flexibility index (Phi) is 6.41. The fraction of sp³-hybridized carbons (Fsp3) is 0.857. The van der Waals surface area contributed by atoms with E-state index in [1.807, 2.05) is 4.90 Å². The highest BCUT2D eigenvalue weighted by atomic mass is 16.5. The van der Waals surface area contributed by atoms with Crippen molar-refractivity contribution in [3.05, 3.63) is 0 Å². The van der Waals surface area contributed by atoms with Crippen molar-refractivity contribution in [2.75, 3.05) is 39.5 Å². The number of hydrogen-bond acceptors (Lipinski definition) is 5. The lowest BCUT2D eigenvalue weighted by molar-refractivity contribution is -0.139. The molecule has 2 heterocycles. The van der Waals surface area contributed by atoms with Gasteiger partial charge in [-0.05, 0) is 12.8 Å². The van der Waals surface area contributed by atoms with Crippen LogP contribution in [0.25, 0.3) is 0 Å². The summed E-state index contributed by atoms with van der Waals surface area (Å²) in [5.41, 5.74) is 0. The number of nitrogens with zero attached hydrogens (tertiary/aromatic N) is 1. The van der Waals surface area contributed by atoms with Crippen LogP contribution in [0, 0.1) is 0 Å². The highest BCUT2D eigenvalue weighted by molar-refractivity contribution is 5.77. The van der Waals surface area contributed by atoms with Gasteiger partial charge in [0.25, 0.3) is 0 Å². The number of ether oxygens (including phenoxy) is 2. The van der Waals surface area contributed by atoms with E-state index < -0.39 is 5.97 Å². The largest absolute Gasteiger partial charge is 0.481 e. The van der Waals surface area contributed by atoms with E-state index in [-0.39, 0.29) is 31.1 Å². The van der Waals surface area contributed by atoms with Gasteiger partial charge in [-0.2, -0.15) is 0 Å². The number of piperidine rings is 1. The lowest BCUT2D eigenvalue weighted by atomic mass is 10.1. The minimum Gasteiger partial charge on any atom is -0.481 e. The van der Waals surface area contributed by atoms with E-state index in [9.17, 15) is 9.59 Å². The maximum Gasteiger partial charge on any atom is 0.305 e. The number of likely N-dealkylation sites (tertiary alicyclic amines) is 1. The highest BCUT2D eigenvalue weighted by Gasteiger charge is 2.25. The summed E-state index contributed by atoms with van der Waals surface area (Å²) in [6, 6.07) is 0.121. The molecule has 21 heavy (non-hydrogen) atoms. The second kappa shape index (κ2) is 8.31. The Bertz CT molecular complexity index is 349. The zero-order valence-electron chi connectivity index (χ0n) is 12.3. The quantitative estimate of drug-likeness (QED) is 0.709. The van der Waals surface area contributed by atoms with E-state index in [0.29, 0.717) is 32.7 Å². The van der Waals surface area contributed by atoms with Crippen molar-refractivity contribution in [2.24, 2.45) is 0 Å². The number of morpholine rings is 1. The van der Waals surface area contributed by atoms with Gasteiger partial charge >= 0.3 is 5.97 Å². The van der Waals surface area contributed by atoms with Crippen LogP contribution in [0.2, 0.25) is 0 Å². The second-order valence-corrected chi connectivity index (χ2v) is 5.52. The van der Waals surface area contributed by atoms with Gasteiger partial charge in [-0.25, -0.2) is 0 Å². The molecule has 0 bridgehead atoms. The van der Waals surface area contributed by atoms with Crippen LogP contribution in [0.15, 0.2) is 0 Å². The number of carboxylic acid groups (broad SMARTS) is 1. The summed E-state index contributed by atoms with van der Waals surface area (Å²) >= 11 is 0. The monoisotopic (exact) mass is 300 g/mol. The second-order valence-electron chi connectivity index (χ2n) is 5.52. The summed E-state index contributed by atoms with van der Waals surface area (Å²) < 4.78 is 10.9. The molecule has 0 radical (unpaired) electrons. The van der Waals surface area contributed by atoms with Crippen LogP contribution in [0.5, 0.6) is 0 Å². The number of carboxylic acids is 1. The van der Waals surface area contributed by atoms with Crippen LogP contribution in [0.4, 0.5) is 0 Å². The molecule has 2 fully saturated rings. The number of carbonyl (C=O) groups is 2. The Morgan fingerprint density at radius 3 is 2.71 bits per heavy atom. The van der Waals surface area contributed by atoms with Gasteiger partial charge in [0.2, 0.25) is 5.91 Å². The SMILES string of the molecule is O=C(O)CCOC1CCN(C(=O)CC2COCCN2)CC1. The van der Waals surface area contributed by atoms with E-state index >= 15 is 0 Å². The predicted molar refractivity (Wildman–Crippen MR) is 75.0 cm³/mol. The molecule has 1 unspecified atom stereocenters. The molecule has 0 spiro atoms. The van der Waals surface area contributed by atoms with Crippen molar-refractivity contribution in [3.63, 3.8) is 0 Å². The maximum absolute atomic E-state index is 12.2. The van der Waals surface area contributed by atoms with Gasteiger partial charge in [-0.1, -0.05) is 0 Å². The third-order valence-corrected chi connectivity index (χ3v) is 3.88. The Morgan fingerprint density at radius 1 is 1.33 bits per heavy atom. The molecule has 2 rings (SSSR count). The number of nitrogens with one attached hydrogen (secondary N) is 1. The van der Waals surface area contributed by atoms with Crippen LogP contribution >= 0.6 is 0 Å². The van der Waals surface area contributed by atoms with Gasteiger partial charge in [0.15, 0.2) is 0 Å². The molecular formula is C14H24N2O5. The molecule has 7 heteroatoms. The van der Waals surface area contributed by atoms with Crippen molar-refractivity contribution in [2.45, 2.75) is 37.8 Å². The molecule has 0 aliphatic carbocycles. The Balaban J connectivity index is 1.63. The lowest BCUT2D eigenvalue weighted by Crippen LogP contribution is -2.47. The van der Waals surface area contributed by atoms with E-state index in [2.05, 4.69) is 5.32 Å². The summed E-state index contributed by atoms with van der Waals surface area (Å²) in [5.74, 6) is -0.688. The first-order chi connectivity index (χ1) is 10.1. The summed E-state index contributed by atoms with van der Waals surface area (Å²) in [7, 11) is 0. The zero-order valence-corrected chi connectivity index (χ0v) is 12.3. The topological polar surface area (TPSA) is 88.1 Å². The van der Waals surface area contributed by atoms with Crippen LogP contribution in [0.3, 0.4) is 0 Å². The van der Waals surface area contributed by atoms with Gasteiger partial charge in [-0.15, -0.1) is 0 Å². The molecule has 2 saturated heterocycles. The van der Waals surface area contributed by atoms with Crippen molar-refractivity contribution < 1.29 is 24.2 Å². The lowest BCUT2D eigenvalue weighted by Gasteiger charge is -2.33. The molecule has 1 amide bonds. The Labute approximate surface area is 124 Å². The predicted octanol–water partition coefficient (Wildman–Crippen LogP) is -0.153. The van der Waals surface area contributed by atoms with E-state index in [1.54, 1.807) is 0 Å². The van der Waals surface area contributed by atoms with Gasteiger partial charge in [0, 0.05) is 32.1 Å². The Morgan fingerprint density at radius 2 is 2.10 bits per heavy atom. The molecule has 0 aromatic carbocycles. The first-order valence-corrected chi connectivity index (χ1v) is 7.57. The van der Waals surface area contributed by atoms with Gasteiger partial charge < -0.3 is 24.8 Å².